The molecule has 0 aliphatic heterocycles. The van der Waals surface area contributed by atoms with Crippen LogP contribution in [0.25, 0.3) is 0 Å². The summed E-state index contributed by atoms with van der Waals surface area (Å²) in [6.45, 7) is 4.47. The topological polar surface area (TPSA) is 39.1 Å². The second-order valence-electron chi connectivity index (χ2n) is 3.87. The van der Waals surface area contributed by atoms with Crippen molar-refractivity contribution in [1.82, 2.24) is 9.78 Å². The smallest absolute Gasteiger partial charge is 0.0729 e. The van der Waals surface area contributed by atoms with Gasteiger partial charge in [-0.05, 0) is 23.9 Å². The van der Waals surface area contributed by atoms with Crippen molar-refractivity contribution in [2.45, 2.75) is 20.0 Å². The molecule has 0 bridgehead atoms. The maximum Gasteiger partial charge on any atom is 0.0729 e. The van der Waals surface area contributed by atoms with Crippen LogP contribution in [0.1, 0.15) is 10.4 Å². The molecule has 0 aliphatic rings. The number of anilines is 1. The van der Waals surface area contributed by atoms with Crippen LogP contribution in [0.15, 0.2) is 23.8 Å². The molecule has 2 aromatic rings. The van der Waals surface area contributed by atoms with E-state index in [1.165, 1.54) is 10.4 Å². The predicted octanol–water partition coefficient (Wildman–Crippen LogP) is 2.51. The van der Waals surface area contributed by atoms with Crippen LogP contribution < -0.4 is 5.32 Å². The summed E-state index contributed by atoms with van der Waals surface area (Å²) >= 11 is 1.78. The van der Waals surface area contributed by atoms with Crippen molar-refractivity contribution >= 4 is 17.0 Å². The molecule has 5 heteroatoms. The summed E-state index contributed by atoms with van der Waals surface area (Å²) in [5.41, 5.74) is 2.39. The first-order valence-corrected chi connectivity index (χ1v) is 6.46. The minimum absolute atomic E-state index is 0.686. The molecule has 2 rings (SSSR count). The van der Waals surface area contributed by atoms with Gasteiger partial charge in [-0.1, -0.05) is 0 Å². The van der Waals surface area contributed by atoms with Gasteiger partial charge in [0.15, 0.2) is 0 Å². The Bertz CT molecular complexity index is 464. The number of methoxy groups -OCH3 is 1. The fourth-order valence-electron chi connectivity index (χ4n) is 1.53. The van der Waals surface area contributed by atoms with E-state index in [1.54, 1.807) is 18.4 Å². The lowest BCUT2D eigenvalue weighted by molar-refractivity contribution is 0.183. The van der Waals surface area contributed by atoms with Crippen LogP contribution in [0.4, 0.5) is 5.69 Å². The summed E-state index contributed by atoms with van der Waals surface area (Å²) in [6, 6.07) is 2.14. The van der Waals surface area contributed by atoms with E-state index in [0.717, 1.165) is 18.8 Å². The number of aryl methyl sites for hydroxylation is 1. The molecule has 0 amide bonds. The van der Waals surface area contributed by atoms with Crippen molar-refractivity contribution in [2.24, 2.45) is 0 Å². The Morgan fingerprint density at radius 2 is 2.41 bits per heavy atom. The van der Waals surface area contributed by atoms with Gasteiger partial charge in [0.2, 0.25) is 0 Å². The number of thiophene rings is 1. The molecule has 92 valence electrons. The molecule has 0 saturated carbocycles. The molecule has 0 fully saturated rings. The first-order valence-electron chi connectivity index (χ1n) is 5.58. The predicted molar refractivity (Wildman–Crippen MR) is 70.5 cm³/mol. The highest BCUT2D eigenvalue weighted by Crippen LogP contribution is 2.17. The third-order valence-corrected chi connectivity index (χ3v) is 3.60. The van der Waals surface area contributed by atoms with Gasteiger partial charge in [0.05, 0.1) is 25.0 Å². The van der Waals surface area contributed by atoms with Crippen LogP contribution in [0.2, 0.25) is 0 Å². The van der Waals surface area contributed by atoms with Crippen molar-refractivity contribution in [1.29, 1.82) is 0 Å². The molecule has 2 aromatic heterocycles. The molecule has 0 unspecified atom stereocenters. The standard InChI is InChI=1S/C12H17N3OS/c1-10-3-6-17-12(10)8-13-11-7-14-15(9-11)4-5-16-2/h3,6-7,9,13H,4-5,8H2,1-2H3. The van der Waals surface area contributed by atoms with Crippen LogP contribution >= 0.6 is 11.3 Å². The quantitative estimate of drug-likeness (QED) is 0.857. The largest absolute Gasteiger partial charge is 0.383 e. The summed E-state index contributed by atoms with van der Waals surface area (Å²) < 4.78 is 6.89. The van der Waals surface area contributed by atoms with Gasteiger partial charge in [0, 0.05) is 24.7 Å². The molecule has 4 nitrogen and oxygen atoms in total. The first-order chi connectivity index (χ1) is 8.29. The summed E-state index contributed by atoms with van der Waals surface area (Å²) in [5, 5.41) is 9.74. The molecular formula is C12H17N3OS. The Balaban J connectivity index is 1.87. The minimum atomic E-state index is 0.686. The van der Waals surface area contributed by atoms with Gasteiger partial charge in [-0.15, -0.1) is 11.3 Å². The SMILES string of the molecule is COCCn1cc(NCc2sccc2C)cn1. The second-order valence-corrected chi connectivity index (χ2v) is 4.87. The Labute approximate surface area is 105 Å². The van der Waals surface area contributed by atoms with Gasteiger partial charge < -0.3 is 10.1 Å². The van der Waals surface area contributed by atoms with E-state index in [0.29, 0.717) is 6.61 Å². The summed E-state index contributed by atoms with van der Waals surface area (Å²) in [4.78, 5) is 1.37. The average molecular weight is 251 g/mol. The van der Waals surface area contributed by atoms with Gasteiger partial charge in [0.25, 0.3) is 0 Å². The molecule has 17 heavy (non-hydrogen) atoms. The number of rotatable bonds is 6. The molecule has 1 N–H and O–H groups in total. The highest BCUT2D eigenvalue weighted by atomic mass is 32.1. The van der Waals surface area contributed by atoms with Gasteiger partial charge in [0.1, 0.15) is 0 Å². The Hall–Kier alpha value is -1.33. The van der Waals surface area contributed by atoms with E-state index in [9.17, 15) is 0 Å². The Kier molecular flexibility index (Phi) is 4.17. The maximum atomic E-state index is 5.01. The lowest BCUT2D eigenvalue weighted by Crippen LogP contribution is -2.04. The molecule has 0 aromatic carbocycles. The monoisotopic (exact) mass is 251 g/mol. The maximum absolute atomic E-state index is 5.01. The van der Waals surface area contributed by atoms with Crippen molar-refractivity contribution in [3.8, 4) is 0 Å². The fraction of sp³-hybridized carbons (Fsp3) is 0.417. The Morgan fingerprint density at radius 3 is 3.12 bits per heavy atom. The van der Waals surface area contributed by atoms with Gasteiger partial charge in [-0.2, -0.15) is 5.10 Å². The lowest BCUT2D eigenvalue weighted by Gasteiger charge is -2.02. The molecule has 0 saturated heterocycles. The van der Waals surface area contributed by atoms with E-state index >= 15 is 0 Å². The zero-order valence-corrected chi connectivity index (χ0v) is 11.0. The fourth-order valence-corrected chi connectivity index (χ4v) is 2.38. The number of aromatic nitrogens is 2. The van der Waals surface area contributed by atoms with E-state index in [1.807, 2.05) is 17.1 Å². The number of nitrogens with one attached hydrogen (secondary N) is 1. The van der Waals surface area contributed by atoms with Gasteiger partial charge in [-0.3, -0.25) is 4.68 Å². The first kappa shape index (κ1) is 12.1. The zero-order valence-electron chi connectivity index (χ0n) is 10.1. The summed E-state index contributed by atoms with van der Waals surface area (Å²) in [7, 11) is 1.70. The zero-order chi connectivity index (χ0) is 12.1. The van der Waals surface area contributed by atoms with Gasteiger partial charge >= 0.3 is 0 Å². The van der Waals surface area contributed by atoms with Crippen LogP contribution in [-0.2, 0) is 17.8 Å². The third kappa shape index (κ3) is 3.31. The van der Waals surface area contributed by atoms with Crippen LogP contribution in [0.5, 0.6) is 0 Å². The number of nitrogens with zero attached hydrogens (tertiary/aromatic N) is 2. The van der Waals surface area contributed by atoms with Crippen molar-refractivity contribution < 1.29 is 4.74 Å². The van der Waals surface area contributed by atoms with Crippen LogP contribution in [0, 0.1) is 6.92 Å². The Morgan fingerprint density at radius 1 is 1.53 bits per heavy atom. The highest BCUT2D eigenvalue weighted by Gasteiger charge is 2.01. The van der Waals surface area contributed by atoms with E-state index in [2.05, 4.69) is 28.8 Å². The van der Waals surface area contributed by atoms with Crippen molar-refractivity contribution in [2.75, 3.05) is 19.0 Å². The highest BCUT2D eigenvalue weighted by molar-refractivity contribution is 7.10. The molecule has 0 radical (unpaired) electrons. The molecular weight excluding hydrogens is 234 g/mol. The number of hydrogen-bond donors (Lipinski definition) is 1. The van der Waals surface area contributed by atoms with Crippen molar-refractivity contribution in [3.63, 3.8) is 0 Å². The molecule has 0 spiro atoms. The average Bonchev–Trinajstić information content (AvgIpc) is 2.93. The van der Waals surface area contributed by atoms with E-state index < -0.39 is 0 Å². The molecule has 0 aliphatic carbocycles. The summed E-state index contributed by atoms with van der Waals surface area (Å²) in [6.07, 6.45) is 3.85. The van der Waals surface area contributed by atoms with Crippen LogP contribution in [-0.4, -0.2) is 23.5 Å². The van der Waals surface area contributed by atoms with Gasteiger partial charge in [-0.25, -0.2) is 0 Å². The second kappa shape index (κ2) is 5.84. The van der Waals surface area contributed by atoms with Crippen molar-refractivity contribution in [3.05, 3.63) is 34.3 Å². The normalized spacial score (nSPS) is 10.7. The molecule has 0 atom stereocenters. The number of hydrogen-bond acceptors (Lipinski definition) is 4. The third-order valence-electron chi connectivity index (χ3n) is 2.58. The number of ether oxygens (including phenoxy) is 1. The summed E-state index contributed by atoms with van der Waals surface area (Å²) in [5.74, 6) is 0. The minimum Gasteiger partial charge on any atom is -0.383 e. The molecule has 2 heterocycles. The van der Waals surface area contributed by atoms with Crippen LogP contribution in [0.3, 0.4) is 0 Å². The lowest BCUT2D eigenvalue weighted by atomic mass is 10.3. The van der Waals surface area contributed by atoms with E-state index in [4.69, 9.17) is 4.74 Å². The van der Waals surface area contributed by atoms with E-state index in [-0.39, 0.29) is 0 Å².